The monoisotopic (exact) mass is 325 g/mol. The highest BCUT2D eigenvalue weighted by Crippen LogP contribution is 2.34. The highest BCUT2D eigenvalue weighted by molar-refractivity contribution is 7.98. The summed E-state index contributed by atoms with van der Waals surface area (Å²) >= 11 is 1.75. The Kier molecular flexibility index (Phi) is 4.06. The van der Waals surface area contributed by atoms with E-state index in [1.165, 1.54) is 5.56 Å². The lowest BCUT2D eigenvalue weighted by molar-refractivity contribution is 0.178. The molecule has 3 aromatic rings. The van der Waals surface area contributed by atoms with Crippen molar-refractivity contribution in [2.75, 3.05) is 0 Å². The summed E-state index contributed by atoms with van der Waals surface area (Å²) in [4.78, 5) is 8.95. The first-order chi connectivity index (χ1) is 11.3. The van der Waals surface area contributed by atoms with Crippen molar-refractivity contribution in [3.8, 4) is 0 Å². The van der Waals surface area contributed by atoms with E-state index in [2.05, 4.69) is 51.1 Å². The topological polar surface area (TPSA) is 50.9 Å². The largest absolute Gasteiger partial charge is 0.393 e. The predicted molar refractivity (Wildman–Crippen MR) is 92.4 cm³/mol. The fourth-order valence-electron chi connectivity index (χ4n) is 3.27. The molecule has 1 fully saturated rings. The fourth-order valence-corrected chi connectivity index (χ4v) is 4.20. The second-order valence-corrected chi connectivity index (χ2v) is 7.00. The molecule has 4 rings (SSSR count). The van der Waals surface area contributed by atoms with Crippen LogP contribution in [0.25, 0.3) is 11.0 Å². The summed E-state index contributed by atoms with van der Waals surface area (Å²) in [6.45, 7) is 0. The van der Waals surface area contributed by atoms with Crippen LogP contribution < -0.4 is 0 Å². The fraction of sp³-hybridized carbons (Fsp3) is 0.333. The third kappa shape index (κ3) is 2.99. The highest BCUT2D eigenvalue weighted by atomic mass is 32.2. The van der Waals surface area contributed by atoms with Crippen LogP contribution in [-0.2, 0) is 5.75 Å². The van der Waals surface area contributed by atoms with E-state index in [1.807, 2.05) is 6.07 Å². The predicted octanol–water partition coefficient (Wildman–Crippen LogP) is 3.81. The number of hydrogen-bond donors (Lipinski definition) is 1. The third-order valence-corrected chi connectivity index (χ3v) is 5.54. The van der Waals surface area contributed by atoms with Crippen LogP contribution in [0.1, 0.15) is 30.9 Å². The summed E-state index contributed by atoms with van der Waals surface area (Å²) in [6, 6.07) is 12.9. The minimum atomic E-state index is -0.175. The van der Waals surface area contributed by atoms with E-state index >= 15 is 0 Å². The quantitative estimate of drug-likeness (QED) is 0.585. The normalized spacial score (nSPS) is 21.1. The maximum atomic E-state index is 9.79. The van der Waals surface area contributed by atoms with Gasteiger partial charge in [-0.1, -0.05) is 30.3 Å². The molecule has 1 saturated carbocycles. The van der Waals surface area contributed by atoms with Gasteiger partial charge in [0.25, 0.3) is 0 Å². The standard InChI is InChI=1S/C18H19N3OS/c22-15-7-6-14(10-15)21-9-8-16-17(21)19-12-20-18(16)23-11-13-4-2-1-3-5-13/h1-5,8-9,12,14-15,22H,6-7,10-11H2/t14-,15+/m1/s1. The molecule has 1 N–H and O–H groups in total. The minimum Gasteiger partial charge on any atom is -0.393 e. The maximum Gasteiger partial charge on any atom is 0.144 e. The SMILES string of the molecule is O[C@H]1CC[C@@H](n2ccc3c(SCc4ccccc4)ncnc32)C1. The van der Waals surface area contributed by atoms with Gasteiger partial charge in [0, 0.05) is 18.0 Å². The molecule has 2 atom stereocenters. The van der Waals surface area contributed by atoms with Crippen molar-refractivity contribution in [3.05, 3.63) is 54.5 Å². The van der Waals surface area contributed by atoms with Gasteiger partial charge in [0.15, 0.2) is 0 Å². The molecule has 118 valence electrons. The summed E-state index contributed by atoms with van der Waals surface area (Å²) in [5.41, 5.74) is 2.28. The lowest BCUT2D eigenvalue weighted by Gasteiger charge is -2.13. The molecular weight excluding hydrogens is 306 g/mol. The number of aliphatic hydroxyl groups is 1. The van der Waals surface area contributed by atoms with Crippen molar-refractivity contribution in [1.29, 1.82) is 0 Å². The Labute approximate surface area is 139 Å². The van der Waals surface area contributed by atoms with Gasteiger partial charge in [-0.05, 0) is 30.9 Å². The van der Waals surface area contributed by atoms with Gasteiger partial charge >= 0.3 is 0 Å². The van der Waals surface area contributed by atoms with Crippen molar-refractivity contribution >= 4 is 22.8 Å². The van der Waals surface area contributed by atoms with Gasteiger partial charge in [-0.2, -0.15) is 0 Å². The summed E-state index contributed by atoms with van der Waals surface area (Å²) in [6.07, 6.45) is 6.28. The Balaban J connectivity index is 1.60. The van der Waals surface area contributed by atoms with E-state index in [1.54, 1.807) is 18.1 Å². The third-order valence-electron chi connectivity index (χ3n) is 4.46. The van der Waals surface area contributed by atoms with E-state index in [9.17, 15) is 5.11 Å². The zero-order valence-corrected chi connectivity index (χ0v) is 13.6. The van der Waals surface area contributed by atoms with Gasteiger partial charge in [-0.3, -0.25) is 0 Å². The molecule has 5 heteroatoms. The van der Waals surface area contributed by atoms with Crippen LogP contribution in [0, 0.1) is 0 Å². The van der Waals surface area contributed by atoms with E-state index in [-0.39, 0.29) is 6.10 Å². The zero-order valence-electron chi connectivity index (χ0n) is 12.8. The summed E-state index contributed by atoms with van der Waals surface area (Å²) in [5, 5.41) is 11.9. The number of benzene rings is 1. The first kappa shape index (κ1) is 14.7. The smallest absolute Gasteiger partial charge is 0.144 e. The van der Waals surface area contributed by atoms with Crippen molar-refractivity contribution < 1.29 is 5.11 Å². The molecule has 4 nitrogen and oxygen atoms in total. The summed E-state index contributed by atoms with van der Waals surface area (Å²) in [7, 11) is 0. The summed E-state index contributed by atoms with van der Waals surface area (Å²) in [5.74, 6) is 0.903. The maximum absolute atomic E-state index is 9.79. The molecule has 1 aromatic carbocycles. The molecule has 23 heavy (non-hydrogen) atoms. The number of aromatic nitrogens is 3. The molecule has 2 aromatic heterocycles. The van der Waals surface area contributed by atoms with E-state index < -0.39 is 0 Å². The van der Waals surface area contributed by atoms with Crippen LogP contribution in [0.3, 0.4) is 0 Å². The Morgan fingerprint density at radius 1 is 1.13 bits per heavy atom. The van der Waals surface area contributed by atoms with Crippen LogP contribution in [0.5, 0.6) is 0 Å². The van der Waals surface area contributed by atoms with E-state index in [0.717, 1.165) is 41.1 Å². The van der Waals surface area contributed by atoms with Crippen LogP contribution in [0.15, 0.2) is 53.9 Å². The van der Waals surface area contributed by atoms with Crippen molar-refractivity contribution in [2.24, 2.45) is 0 Å². The lowest BCUT2D eigenvalue weighted by atomic mass is 10.2. The zero-order chi connectivity index (χ0) is 15.6. The Morgan fingerprint density at radius 3 is 2.78 bits per heavy atom. The number of nitrogens with zero attached hydrogens (tertiary/aromatic N) is 3. The second kappa shape index (κ2) is 6.34. The first-order valence-electron chi connectivity index (χ1n) is 7.97. The molecule has 0 saturated heterocycles. The second-order valence-electron chi connectivity index (χ2n) is 6.03. The average Bonchev–Trinajstić information content (AvgIpc) is 3.20. The van der Waals surface area contributed by atoms with Crippen LogP contribution in [0.2, 0.25) is 0 Å². The highest BCUT2D eigenvalue weighted by Gasteiger charge is 2.25. The van der Waals surface area contributed by atoms with Crippen molar-refractivity contribution in [2.45, 2.75) is 42.2 Å². The molecule has 0 unspecified atom stereocenters. The molecule has 0 bridgehead atoms. The summed E-state index contributed by atoms with van der Waals surface area (Å²) < 4.78 is 2.21. The van der Waals surface area contributed by atoms with Gasteiger partial charge in [0.05, 0.1) is 11.5 Å². The average molecular weight is 325 g/mol. The van der Waals surface area contributed by atoms with Crippen molar-refractivity contribution in [3.63, 3.8) is 0 Å². The Morgan fingerprint density at radius 2 is 2.00 bits per heavy atom. The number of thioether (sulfide) groups is 1. The first-order valence-corrected chi connectivity index (χ1v) is 8.96. The van der Waals surface area contributed by atoms with Gasteiger partial charge in [0.1, 0.15) is 17.0 Å². The Hall–Kier alpha value is -1.85. The Bertz CT molecular complexity index is 802. The lowest BCUT2D eigenvalue weighted by Crippen LogP contribution is -2.06. The molecular formula is C18H19N3OS. The molecule has 2 heterocycles. The minimum absolute atomic E-state index is 0.175. The van der Waals surface area contributed by atoms with E-state index in [0.29, 0.717) is 6.04 Å². The van der Waals surface area contributed by atoms with Gasteiger partial charge < -0.3 is 9.67 Å². The molecule has 0 radical (unpaired) electrons. The number of rotatable bonds is 4. The van der Waals surface area contributed by atoms with Crippen LogP contribution in [-0.4, -0.2) is 25.7 Å². The van der Waals surface area contributed by atoms with E-state index in [4.69, 9.17) is 0 Å². The molecule has 0 amide bonds. The van der Waals surface area contributed by atoms with Gasteiger partial charge in [-0.25, -0.2) is 9.97 Å². The molecule has 0 spiro atoms. The van der Waals surface area contributed by atoms with Crippen LogP contribution in [0.4, 0.5) is 0 Å². The number of hydrogen-bond acceptors (Lipinski definition) is 4. The number of aliphatic hydroxyl groups excluding tert-OH is 1. The van der Waals surface area contributed by atoms with Crippen molar-refractivity contribution in [1.82, 2.24) is 14.5 Å². The van der Waals surface area contributed by atoms with Gasteiger partial charge in [-0.15, -0.1) is 11.8 Å². The van der Waals surface area contributed by atoms with Gasteiger partial charge in [0.2, 0.25) is 0 Å². The molecule has 1 aliphatic rings. The van der Waals surface area contributed by atoms with Crippen LogP contribution >= 0.6 is 11.8 Å². The molecule has 0 aliphatic heterocycles. The number of fused-ring (bicyclic) bond motifs is 1. The molecule has 1 aliphatic carbocycles.